The first kappa shape index (κ1) is 22.7. The number of methoxy groups -OCH3 is 1. The number of hydrogen-bond donors (Lipinski definition) is 1. The van der Waals surface area contributed by atoms with Gasteiger partial charge in [0.05, 0.1) is 34.7 Å². The van der Waals surface area contributed by atoms with E-state index in [-0.39, 0.29) is 28.4 Å². The van der Waals surface area contributed by atoms with Gasteiger partial charge < -0.3 is 10.1 Å². The quantitative estimate of drug-likeness (QED) is 0.631. The summed E-state index contributed by atoms with van der Waals surface area (Å²) < 4.78 is 56.0. The molecule has 2 aliphatic heterocycles. The van der Waals surface area contributed by atoms with Gasteiger partial charge in [0.2, 0.25) is 5.91 Å². The Balaban J connectivity index is 1.82. The average molecular weight is 459 g/mol. The monoisotopic (exact) mass is 458 g/mol. The SMILES string of the molecule is COC(=O)C1CCN(C2CS(=O)(=O)CC2S(=O)(=O)c2ccc(NC(C)=O)cc2)CC1. The molecule has 2 aliphatic rings. The molecule has 166 valence electrons. The van der Waals surface area contributed by atoms with Crippen molar-refractivity contribution in [2.24, 2.45) is 5.92 Å². The Hall–Kier alpha value is -1.98. The van der Waals surface area contributed by atoms with Crippen molar-refractivity contribution < 1.29 is 31.2 Å². The molecule has 1 aromatic rings. The van der Waals surface area contributed by atoms with Crippen LogP contribution in [0.1, 0.15) is 19.8 Å². The highest BCUT2D eigenvalue weighted by molar-refractivity contribution is 7.96. The Morgan fingerprint density at radius 1 is 1.10 bits per heavy atom. The summed E-state index contributed by atoms with van der Waals surface area (Å²) in [5.74, 6) is -1.46. The maximum Gasteiger partial charge on any atom is 0.308 e. The smallest absolute Gasteiger partial charge is 0.308 e. The van der Waals surface area contributed by atoms with Crippen LogP contribution < -0.4 is 5.32 Å². The fraction of sp³-hybridized carbons (Fsp3) is 0.579. The third-order valence-corrected chi connectivity index (χ3v) is 9.84. The fourth-order valence-electron chi connectivity index (χ4n) is 4.17. The lowest BCUT2D eigenvalue weighted by Crippen LogP contribution is -2.50. The summed E-state index contributed by atoms with van der Waals surface area (Å²) in [4.78, 5) is 24.8. The second kappa shape index (κ2) is 8.64. The number of hydrogen-bond acceptors (Lipinski definition) is 8. The summed E-state index contributed by atoms with van der Waals surface area (Å²) in [6.45, 7) is 2.23. The minimum Gasteiger partial charge on any atom is -0.469 e. The maximum absolute atomic E-state index is 13.3. The second-order valence-electron chi connectivity index (χ2n) is 7.77. The van der Waals surface area contributed by atoms with Crippen molar-refractivity contribution in [3.8, 4) is 0 Å². The maximum atomic E-state index is 13.3. The number of esters is 1. The van der Waals surface area contributed by atoms with E-state index in [4.69, 9.17) is 4.74 Å². The lowest BCUT2D eigenvalue weighted by Gasteiger charge is -2.36. The van der Waals surface area contributed by atoms with Crippen molar-refractivity contribution >= 4 is 37.2 Å². The predicted octanol–water partition coefficient (Wildman–Crippen LogP) is 0.469. The van der Waals surface area contributed by atoms with Crippen molar-refractivity contribution in [1.29, 1.82) is 0 Å². The molecule has 0 saturated carbocycles. The number of nitrogens with one attached hydrogen (secondary N) is 1. The van der Waals surface area contributed by atoms with Gasteiger partial charge in [-0.15, -0.1) is 0 Å². The van der Waals surface area contributed by atoms with E-state index in [1.807, 2.05) is 4.90 Å². The summed E-state index contributed by atoms with van der Waals surface area (Å²) in [7, 11) is -6.09. The van der Waals surface area contributed by atoms with E-state index in [9.17, 15) is 26.4 Å². The minimum absolute atomic E-state index is 0.0214. The van der Waals surface area contributed by atoms with Crippen LogP contribution in [0.25, 0.3) is 0 Å². The Morgan fingerprint density at radius 3 is 2.23 bits per heavy atom. The van der Waals surface area contributed by atoms with Crippen LogP contribution in [-0.2, 0) is 34.0 Å². The molecule has 2 saturated heterocycles. The molecule has 9 nitrogen and oxygen atoms in total. The summed E-state index contributed by atoms with van der Waals surface area (Å²) in [6, 6.07) is 5.06. The lowest BCUT2D eigenvalue weighted by atomic mass is 9.95. The topological polar surface area (TPSA) is 127 Å². The first-order valence-electron chi connectivity index (χ1n) is 9.67. The first-order chi connectivity index (χ1) is 14.0. The zero-order chi connectivity index (χ0) is 22.1. The van der Waals surface area contributed by atoms with Crippen LogP contribution in [0.15, 0.2) is 29.2 Å². The van der Waals surface area contributed by atoms with Crippen LogP contribution >= 0.6 is 0 Å². The van der Waals surface area contributed by atoms with Gasteiger partial charge in [-0.05, 0) is 50.2 Å². The lowest BCUT2D eigenvalue weighted by molar-refractivity contribution is -0.147. The van der Waals surface area contributed by atoms with E-state index >= 15 is 0 Å². The Kier molecular flexibility index (Phi) is 6.54. The number of amides is 1. The fourth-order valence-corrected chi connectivity index (χ4v) is 9.00. The highest BCUT2D eigenvalue weighted by Crippen LogP contribution is 2.32. The van der Waals surface area contributed by atoms with Gasteiger partial charge in [-0.2, -0.15) is 0 Å². The standard InChI is InChI=1S/C19H26N2O7S2/c1-13(22)20-15-3-5-16(6-4-15)30(26,27)18-12-29(24,25)11-17(18)21-9-7-14(8-10-21)19(23)28-2/h3-6,14,17-18H,7-12H2,1-2H3,(H,20,22). The van der Waals surface area contributed by atoms with Crippen LogP contribution in [-0.4, -0.2) is 76.6 Å². The third kappa shape index (κ3) is 4.84. The Labute approximate surface area is 176 Å². The van der Waals surface area contributed by atoms with Gasteiger partial charge >= 0.3 is 5.97 Å². The number of sulfone groups is 2. The van der Waals surface area contributed by atoms with E-state index in [1.165, 1.54) is 38.3 Å². The highest BCUT2D eigenvalue weighted by atomic mass is 32.2. The van der Waals surface area contributed by atoms with Gasteiger partial charge in [-0.3, -0.25) is 14.5 Å². The van der Waals surface area contributed by atoms with Gasteiger partial charge in [0.25, 0.3) is 0 Å². The van der Waals surface area contributed by atoms with E-state index in [0.29, 0.717) is 31.6 Å². The molecule has 30 heavy (non-hydrogen) atoms. The number of carbonyl (C=O) groups excluding carboxylic acids is 2. The molecule has 2 unspecified atom stereocenters. The summed E-state index contributed by atoms with van der Waals surface area (Å²) in [6.07, 6.45) is 1.00. The number of nitrogens with zero attached hydrogens (tertiary/aromatic N) is 1. The molecule has 1 N–H and O–H groups in total. The van der Waals surface area contributed by atoms with E-state index < -0.39 is 36.7 Å². The molecule has 0 bridgehead atoms. The highest BCUT2D eigenvalue weighted by Gasteiger charge is 2.49. The van der Waals surface area contributed by atoms with Gasteiger partial charge in [0.1, 0.15) is 0 Å². The zero-order valence-corrected chi connectivity index (χ0v) is 18.5. The van der Waals surface area contributed by atoms with Crippen LogP contribution in [0.2, 0.25) is 0 Å². The Morgan fingerprint density at radius 2 is 1.70 bits per heavy atom. The number of likely N-dealkylation sites (tertiary alicyclic amines) is 1. The van der Waals surface area contributed by atoms with Gasteiger partial charge in [-0.1, -0.05) is 0 Å². The molecular weight excluding hydrogens is 432 g/mol. The first-order valence-corrected chi connectivity index (χ1v) is 13.0. The van der Waals surface area contributed by atoms with E-state index in [1.54, 1.807) is 0 Å². The normalized spacial score (nSPS) is 25.0. The largest absolute Gasteiger partial charge is 0.469 e. The van der Waals surface area contributed by atoms with Crippen LogP contribution in [0.4, 0.5) is 5.69 Å². The van der Waals surface area contributed by atoms with E-state index in [2.05, 4.69) is 5.32 Å². The molecule has 2 fully saturated rings. The molecule has 0 radical (unpaired) electrons. The molecule has 3 rings (SSSR count). The molecule has 11 heteroatoms. The number of piperidine rings is 1. The minimum atomic E-state index is -3.91. The van der Waals surface area contributed by atoms with Crippen molar-refractivity contribution in [2.75, 3.05) is 37.0 Å². The molecular formula is C19H26N2O7S2. The number of rotatable bonds is 5. The molecule has 0 aliphatic carbocycles. The van der Waals surface area contributed by atoms with E-state index in [0.717, 1.165) is 0 Å². The number of benzene rings is 1. The number of anilines is 1. The summed E-state index contributed by atoms with van der Waals surface area (Å²) in [5.41, 5.74) is 0.460. The molecule has 0 aromatic heterocycles. The molecule has 0 spiro atoms. The summed E-state index contributed by atoms with van der Waals surface area (Å²) in [5, 5.41) is 1.49. The second-order valence-corrected chi connectivity index (χ2v) is 12.1. The van der Waals surface area contributed by atoms with Crippen LogP contribution in [0, 0.1) is 5.92 Å². The van der Waals surface area contributed by atoms with Crippen molar-refractivity contribution in [2.45, 2.75) is 36.0 Å². The molecule has 1 aromatic carbocycles. The summed E-state index contributed by atoms with van der Waals surface area (Å²) >= 11 is 0. The average Bonchev–Trinajstić information content (AvgIpc) is 3.04. The van der Waals surface area contributed by atoms with Crippen LogP contribution in [0.3, 0.4) is 0 Å². The van der Waals surface area contributed by atoms with Crippen LogP contribution in [0.5, 0.6) is 0 Å². The third-order valence-electron chi connectivity index (χ3n) is 5.71. The van der Waals surface area contributed by atoms with Crippen molar-refractivity contribution in [3.05, 3.63) is 24.3 Å². The number of carbonyl (C=O) groups is 2. The van der Waals surface area contributed by atoms with Gasteiger partial charge in [0, 0.05) is 18.7 Å². The Bertz CT molecular complexity index is 1010. The molecule has 1 amide bonds. The molecule has 2 atom stereocenters. The van der Waals surface area contributed by atoms with Crippen molar-refractivity contribution in [3.63, 3.8) is 0 Å². The molecule has 2 heterocycles. The predicted molar refractivity (Wildman–Crippen MR) is 110 cm³/mol. The number of ether oxygens (including phenoxy) is 1. The van der Waals surface area contributed by atoms with Gasteiger partial charge in [0.15, 0.2) is 19.7 Å². The van der Waals surface area contributed by atoms with Gasteiger partial charge in [-0.25, -0.2) is 16.8 Å². The zero-order valence-electron chi connectivity index (χ0n) is 16.9. The van der Waals surface area contributed by atoms with Crippen molar-refractivity contribution in [1.82, 2.24) is 4.90 Å².